The number of aliphatic hydroxyl groups is 2. The van der Waals surface area contributed by atoms with E-state index in [-0.39, 0.29) is 18.5 Å². The van der Waals surface area contributed by atoms with Crippen LogP contribution in [0.2, 0.25) is 0 Å². The summed E-state index contributed by atoms with van der Waals surface area (Å²) in [7, 11) is 0. The smallest absolute Gasteiger partial charge is 0.305 e. The predicted octanol–water partition coefficient (Wildman–Crippen LogP) is 16.0. The quantitative estimate of drug-likeness (QED) is 0.0419. The molecule has 0 saturated carbocycles. The van der Waals surface area contributed by atoms with Gasteiger partial charge in [-0.15, -0.1) is 0 Å². The Kier molecular flexibility index (Phi) is 48.6. The van der Waals surface area contributed by atoms with Gasteiger partial charge in [0.15, 0.2) is 0 Å². The van der Waals surface area contributed by atoms with E-state index in [2.05, 4.69) is 19.2 Å². The molecule has 0 heterocycles. The zero-order valence-electron chi connectivity index (χ0n) is 40.0. The number of amides is 1. The third-order valence-electron chi connectivity index (χ3n) is 12.7. The van der Waals surface area contributed by atoms with Crippen molar-refractivity contribution >= 4 is 11.9 Å². The minimum Gasteiger partial charge on any atom is -0.466 e. The van der Waals surface area contributed by atoms with Crippen molar-refractivity contribution in [1.29, 1.82) is 0 Å². The monoisotopic (exact) mass is 836 g/mol. The summed E-state index contributed by atoms with van der Waals surface area (Å²) in [6.07, 6.45) is 55.0. The number of hydrogen-bond donors (Lipinski definition) is 3. The second-order valence-corrected chi connectivity index (χ2v) is 18.6. The summed E-state index contributed by atoms with van der Waals surface area (Å²) in [5, 5.41) is 23.2. The minimum atomic E-state index is -0.671. The van der Waals surface area contributed by atoms with Crippen LogP contribution in [0.4, 0.5) is 0 Å². The first-order valence-electron chi connectivity index (χ1n) is 26.8. The van der Waals surface area contributed by atoms with E-state index in [1.165, 1.54) is 218 Å². The second kappa shape index (κ2) is 49.5. The molecule has 2 unspecified atom stereocenters. The Bertz CT molecular complexity index is 837. The lowest BCUT2D eigenvalue weighted by Crippen LogP contribution is -2.45. The minimum absolute atomic E-state index is 0.00241. The lowest BCUT2D eigenvalue weighted by molar-refractivity contribution is -0.143. The molecule has 0 aliphatic carbocycles. The average molecular weight is 836 g/mol. The average Bonchev–Trinajstić information content (AvgIpc) is 3.24. The zero-order valence-corrected chi connectivity index (χ0v) is 40.0. The topological polar surface area (TPSA) is 95.9 Å². The number of nitrogens with one attached hydrogen (secondary N) is 1. The molecule has 0 saturated heterocycles. The maximum atomic E-state index is 12.5. The highest BCUT2D eigenvalue weighted by Crippen LogP contribution is 2.17. The van der Waals surface area contributed by atoms with Gasteiger partial charge in [-0.25, -0.2) is 0 Å². The molecule has 0 bridgehead atoms. The Hall–Kier alpha value is -1.14. The van der Waals surface area contributed by atoms with Crippen molar-refractivity contribution in [3.05, 3.63) is 0 Å². The Morgan fingerprint density at radius 1 is 0.407 bits per heavy atom. The SMILES string of the molecule is CCCCCCCCCCCCCCCCCC(O)C(CO)NC(=O)CCCCCCCCCCCCCCCOC(=O)CCCCCCCCCCCCCCCC. The van der Waals surface area contributed by atoms with Crippen molar-refractivity contribution in [2.75, 3.05) is 13.2 Å². The van der Waals surface area contributed by atoms with Crippen LogP contribution >= 0.6 is 0 Å². The lowest BCUT2D eigenvalue weighted by Gasteiger charge is -2.22. The molecule has 0 radical (unpaired) electrons. The molecule has 1 amide bonds. The maximum Gasteiger partial charge on any atom is 0.305 e. The molecular weight excluding hydrogens is 731 g/mol. The zero-order chi connectivity index (χ0) is 43.0. The van der Waals surface area contributed by atoms with Crippen LogP contribution in [0.5, 0.6) is 0 Å². The van der Waals surface area contributed by atoms with E-state index in [1.54, 1.807) is 0 Å². The number of carbonyl (C=O) groups is 2. The highest BCUT2D eigenvalue weighted by Gasteiger charge is 2.20. The van der Waals surface area contributed by atoms with Crippen LogP contribution in [-0.4, -0.2) is 47.4 Å². The highest BCUT2D eigenvalue weighted by molar-refractivity contribution is 5.76. The molecule has 6 nitrogen and oxygen atoms in total. The molecular formula is C53H105NO5. The molecule has 0 spiro atoms. The van der Waals surface area contributed by atoms with Gasteiger partial charge in [0.1, 0.15) is 0 Å². The molecule has 0 aromatic carbocycles. The van der Waals surface area contributed by atoms with E-state index in [4.69, 9.17) is 4.74 Å². The standard InChI is InChI=1S/C53H105NO5/c1-3-5-7-9-11-13-15-17-19-21-25-29-33-37-41-45-51(56)50(49-55)54-52(57)46-42-38-34-30-26-22-20-24-28-32-36-40-44-48-59-53(58)47-43-39-35-31-27-23-18-16-14-12-10-8-6-4-2/h50-51,55-56H,3-49H2,1-2H3,(H,54,57). The highest BCUT2D eigenvalue weighted by atomic mass is 16.5. The van der Waals surface area contributed by atoms with Gasteiger partial charge < -0.3 is 20.3 Å². The van der Waals surface area contributed by atoms with Crippen LogP contribution in [-0.2, 0) is 14.3 Å². The van der Waals surface area contributed by atoms with Crippen molar-refractivity contribution in [3.8, 4) is 0 Å². The van der Waals surface area contributed by atoms with Crippen LogP contribution in [0, 0.1) is 0 Å². The molecule has 352 valence electrons. The molecule has 0 aliphatic rings. The summed E-state index contributed by atoms with van der Waals surface area (Å²) in [5.41, 5.74) is 0. The van der Waals surface area contributed by atoms with E-state index in [9.17, 15) is 19.8 Å². The number of unbranched alkanes of at least 4 members (excludes halogenated alkanes) is 39. The molecule has 0 fully saturated rings. The molecule has 6 heteroatoms. The normalized spacial score (nSPS) is 12.5. The third-order valence-corrected chi connectivity index (χ3v) is 12.7. The van der Waals surface area contributed by atoms with E-state index >= 15 is 0 Å². The first kappa shape index (κ1) is 57.9. The van der Waals surface area contributed by atoms with Gasteiger partial charge in [0.05, 0.1) is 25.4 Å². The van der Waals surface area contributed by atoms with Crippen LogP contribution in [0.15, 0.2) is 0 Å². The maximum absolute atomic E-state index is 12.5. The van der Waals surface area contributed by atoms with E-state index in [0.29, 0.717) is 25.9 Å². The molecule has 0 rings (SSSR count). The van der Waals surface area contributed by atoms with E-state index in [0.717, 1.165) is 51.4 Å². The summed E-state index contributed by atoms with van der Waals surface area (Å²) in [4.78, 5) is 24.5. The molecule has 0 aromatic rings. The molecule has 2 atom stereocenters. The van der Waals surface area contributed by atoms with Crippen molar-refractivity contribution in [1.82, 2.24) is 5.32 Å². The summed E-state index contributed by atoms with van der Waals surface area (Å²) >= 11 is 0. The Morgan fingerprint density at radius 2 is 0.695 bits per heavy atom. The lowest BCUT2D eigenvalue weighted by atomic mass is 10.0. The van der Waals surface area contributed by atoms with Crippen LogP contribution in [0.3, 0.4) is 0 Å². The van der Waals surface area contributed by atoms with Crippen molar-refractivity contribution in [3.63, 3.8) is 0 Å². The summed E-state index contributed by atoms with van der Waals surface area (Å²) in [5.74, 6) is -0.0478. The largest absolute Gasteiger partial charge is 0.466 e. The number of carbonyl (C=O) groups excluding carboxylic acids is 2. The van der Waals surface area contributed by atoms with Crippen molar-refractivity contribution in [2.24, 2.45) is 0 Å². The van der Waals surface area contributed by atoms with Gasteiger partial charge in [-0.3, -0.25) is 9.59 Å². The van der Waals surface area contributed by atoms with E-state index < -0.39 is 12.1 Å². The molecule has 0 aliphatic heterocycles. The van der Waals surface area contributed by atoms with Crippen molar-refractivity contribution in [2.45, 2.75) is 315 Å². The van der Waals surface area contributed by atoms with Gasteiger partial charge in [0, 0.05) is 12.8 Å². The molecule has 59 heavy (non-hydrogen) atoms. The number of esters is 1. The molecule has 3 N–H and O–H groups in total. The number of rotatable bonds is 50. The van der Waals surface area contributed by atoms with Gasteiger partial charge in [0.25, 0.3) is 0 Å². The number of ether oxygens (including phenoxy) is 1. The fourth-order valence-electron chi connectivity index (χ4n) is 8.52. The third kappa shape index (κ3) is 46.2. The Labute approximate surface area is 368 Å². The first-order valence-corrected chi connectivity index (χ1v) is 26.8. The summed E-state index contributed by atoms with van der Waals surface area (Å²) in [6.45, 7) is 4.94. The van der Waals surface area contributed by atoms with Crippen LogP contribution < -0.4 is 5.32 Å². The number of hydrogen-bond acceptors (Lipinski definition) is 5. The van der Waals surface area contributed by atoms with Gasteiger partial charge in [-0.1, -0.05) is 264 Å². The predicted molar refractivity (Wildman–Crippen MR) is 255 cm³/mol. The van der Waals surface area contributed by atoms with Crippen LogP contribution in [0.25, 0.3) is 0 Å². The van der Waals surface area contributed by atoms with Crippen LogP contribution in [0.1, 0.15) is 303 Å². The van der Waals surface area contributed by atoms with E-state index in [1.807, 2.05) is 0 Å². The number of aliphatic hydroxyl groups excluding tert-OH is 2. The Balaban J connectivity index is 3.43. The summed E-state index contributed by atoms with van der Waals surface area (Å²) < 4.78 is 5.47. The van der Waals surface area contributed by atoms with Gasteiger partial charge in [-0.05, 0) is 25.7 Å². The fraction of sp³-hybridized carbons (Fsp3) is 0.962. The first-order chi connectivity index (χ1) is 29.0. The molecule has 0 aromatic heterocycles. The van der Waals surface area contributed by atoms with Gasteiger partial charge >= 0.3 is 5.97 Å². The van der Waals surface area contributed by atoms with Gasteiger partial charge in [0.2, 0.25) is 5.91 Å². The second-order valence-electron chi connectivity index (χ2n) is 18.6. The summed E-state index contributed by atoms with van der Waals surface area (Å²) in [6, 6.07) is -0.549. The Morgan fingerprint density at radius 3 is 1.03 bits per heavy atom. The van der Waals surface area contributed by atoms with Gasteiger partial charge in [-0.2, -0.15) is 0 Å². The fourth-order valence-corrected chi connectivity index (χ4v) is 8.52. The van der Waals surface area contributed by atoms with Crippen molar-refractivity contribution < 1.29 is 24.5 Å².